The van der Waals surface area contributed by atoms with Gasteiger partial charge in [0.25, 0.3) is 0 Å². The monoisotopic (exact) mass is 228 g/mol. The van der Waals surface area contributed by atoms with Crippen LogP contribution < -0.4 is 0 Å². The molecule has 0 N–H and O–H groups in total. The first kappa shape index (κ1) is 12.8. The van der Waals surface area contributed by atoms with Crippen LogP contribution in [0.3, 0.4) is 0 Å². The summed E-state index contributed by atoms with van der Waals surface area (Å²) in [6.45, 7) is 3.68. The number of hydrogen-bond acceptors (Lipinski definition) is 6. The van der Waals surface area contributed by atoms with Crippen LogP contribution in [0.5, 0.6) is 0 Å². The van der Waals surface area contributed by atoms with E-state index >= 15 is 0 Å². The maximum Gasteiger partial charge on any atom is 0.234 e. The van der Waals surface area contributed by atoms with Crippen LogP contribution in [0.4, 0.5) is 0 Å². The van der Waals surface area contributed by atoms with Crippen molar-refractivity contribution >= 4 is 5.78 Å². The second kappa shape index (κ2) is 5.18. The van der Waals surface area contributed by atoms with Crippen LogP contribution in [0.1, 0.15) is 25.6 Å². The van der Waals surface area contributed by atoms with Crippen molar-refractivity contribution < 1.29 is 18.8 Å². The molecule has 0 amide bonds. The topological polar surface area (TPSA) is 74.5 Å². The summed E-state index contributed by atoms with van der Waals surface area (Å²) < 4.78 is 14.9. The van der Waals surface area contributed by atoms with E-state index < -0.39 is 5.60 Å². The number of Topliss-reactive ketones (excluding diaryl/α,β-unsaturated/α-hetero) is 1. The van der Waals surface area contributed by atoms with Crippen molar-refractivity contribution in [1.29, 1.82) is 0 Å². The molecule has 0 fully saturated rings. The predicted molar refractivity (Wildman–Crippen MR) is 54.9 cm³/mol. The van der Waals surface area contributed by atoms with Gasteiger partial charge in [0.05, 0.1) is 6.42 Å². The third-order valence-electron chi connectivity index (χ3n) is 2.17. The highest BCUT2D eigenvalue weighted by Gasteiger charge is 2.26. The molecule has 90 valence electrons. The van der Waals surface area contributed by atoms with Crippen LogP contribution in [0, 0.1) is 0 Å². The fourth-order valence-electron chi connectivity index (χ4n) is 1.04. The molecule has 1 aromatic heterocycles. The molecule has 0 spiro atoms. The first-order chi connectivity index (χ1) is 7.49. The van der Waals surface area contributed by atoms with Gasteiger partial charge in [-0.15, -0.1) is 0 Å². The Morgan fingerprint density at radius 2 is 2.12 bits per heavy atom. The van der Waals surface area contributed by atoms with E-state index in [9.17, 15) is 4.79 Å². The molecule has 0 atom stereocenters. The Hall–Kier alpha value is -1.27. The molecule has 16 heavy (non-hydrogen) atoms. The van der Waals surface area contributed by atoms with E-state index in [0.717, 1.165) is 0 Å². The summed E-state index contributed by atoms with van der Waals surface area (Å²) in [5.74, 6) is 0.602. The van der Waals surface area contributed by atoms with Gasteiger partial charge < -0.3 is 14.0 Å². The fraction of sp³-hybridized carbons (Fsp3) is 0.700. The van der Waals surface area contributed by atoms with Crippen LogP contribution >= 0.6 is 0 Å². The molecule has 6 nitrogen and oxygen atoms in total. The van der Waals surface area contributed by atoms with E-state index in [1.807, 2.05) is 13.8 Å². The van der Waals surface area contributed by atoms with E-state index in [1.165, 1.54) is 7.11 Å². The Labute approximate surface area is 93.9 Å². The molecule has 1 rings (SSSR count). The molecule has 1 aromatic rings. The summed E-state index contributed by atoms with van der Waals surface area (Å²) in [4.78, 5) is 15.4. The lowest BCUT2D eigenvalue weighted by Gasteiger charge is -2.17. The van der Waals surface area contributed by atoms with Crippen LogP contribution in [0.25, 0.3) is 0 Å². The Kier molecular flexibility index (Phi) is 4.14. The van der Waals surface area contributed by atoms with Crippen molar-refractivity contribution in [3.05, 3.63) is 11.7 Å². The van der Waals surface area contributed by atoms with Crippen molar-refractivity contribution in [2.45, 2.75) is 25.9 Å². The molecule has 0 aliphatic carbocycles. The SMILES string of the molecule is COCC(=O)Cc1nc(C(C)(C)OC)no1. The molecule has 0 radical (unpaired) electrons. The number of hydrogen-bond donors (Lipinski definition) is 0. The molecule has 1 heterocycles. The van der Waals surface area contributed by atoms with Crippen LogP contribution in [-0.4, -0.2) is 36.8 Å². The molecule has 0 unspecified atom stereocenters. The molecule has 0 aliphatic rings. The van der Waals surface area contributed by atoms with E-state index in [0.29, 0.717) is 5.82 Å². The average Bonchev–Trinajstić information content (AvgIpc) is 2.67. The molecule has 0 bridgehead atoms. The zero-order valence-corrected chi connectivity index (χ0v) is 9.94. The number of methoxy groups -OCH3 is 2. The maximum absolute atomic E-state index is 11.3. The number of aromatic nitrogens is 2. The zero-order chi connectivity index (χ0) is 12.2. The number of ketones is 1. The van der Waals surface area contributed by atoms with Crippen molar-refractivity contribution in [3.8, 4) is 0 Å². The van der Waals surface area contributed by atoms with Gasteiger partial charge in [-0.25, -0.2) is 0 Å². The lowest BCUT2D eigenvalue weighted by molar-refractivity contribution is -0.122. The van der Waals surface area contributed by atoms with Crippen molar-refractivity contribution in [1.82, 2.24) is 10.1 Å². The normalized spacial score (nSPS) is 11.8. The Bertz CT molecular complexity index is 359. The minimum Gasteiger partial charge on any atom is -0.377 e. The lowest BCUT2D eigenvalue weighted by atomic mass is 10.1. The van der Waals surface area contributed by atoms with Gasteiger partial charge >= 0.3 is 0 Å². The van der Waals surface area contributed by atoms with Gasteiger partial charge in [0.1, 0.15) is 12.2 Å². The minimum absolute atomic E-state index is 0.0470. The number of rotatable bonds is 6. The molecular weight excluding hydrogens is 212 g/mol. The molecule has 0 saturated carbocycles. The highest BCUT2D eigenvalue weighted by molar-refractivity contribution is 5.81. The van der Waals surface area contributed by atoms with Gasteiger partial charge in [0.2, 0.25) is 11.7 Å². The number of carbonyl (C=O) groups is 1. The second-order valence-corrected chi connectivity index (χ2v) is 3.87. The minimum atomic E-state index is -0.619. The molecular formula is C10H16N2O4. The van der Waals surface area contributed by atoms with E-state index in [2.05, 4.69) is 10.1 Å². The molecule has 0 saturated heterocycles. The maximum atomic E-state index is 11.3. The Morgan fingerprint density at radius 1 is 1.44 bits per heavy atom. The average molecular weight is 228 g/mol. The molecule has 0 aromatic carbocycles. The smallest absolute Gasteiger partial charge is 0.234 e. The van der Waals surface area contributed by atoms with Crippen molar-refractivity contribution in [2.75, 3.05) is 20.8 Å². The van der Waals surface area contributed by atoms with Gasteiger partial charge in [0.15, 0.2) is 5.78 Å². The predicted octanol–water partition coefficient (Wildman–Crippen LogP) is 0.709. The quantitative estimate of drug-likeness (QED) is 0.713. The molecule has 0 aliphatic heterocycles. The summed E-state index contributed by atoms with van der Waals surface area (Å²) in [6, 6.07) is 0. The van der Waals surface area contributed by atoms with E-state index in [-0.39, 0.29) is 24.7 Å². The fourth-order valence-corrected chi connectivity index (χ4v) is 1.04. The first-order valence-corrected chi connectivity index (χ1v) is 4.88. The summed E-state index contributed by atoms with van der Waals surface area (Å²) in [5, 5.41) is 3.77. The largest absolute Gasteiger partial charge is 0.377 e. The molecule has 6 heteroatoms. The van der Waals surface area contributed by atoms with Gasteiger partial charge in [-0.05, 0) is 13.8 Å². The van der Waals surface area contributed by atoms with Gasteiger partial charge in [-0.2, -0.15) is 4.98 Å². The lowest BCUT2D eigenvalue weighted by Crippen LogP contribution is -2.21. The highest BCUT2D eigenvalue weighted by atomic mass is 16.5. The standard InChI is InChI=1S/C10H16N2O4/c1-10(2,15-4)9-11-8(16-12-9)5-7(13)6-14-3/h5-6H2,1-4H3. The van der Waals surface area contributed by atoms with Crippen LogP contribution in [0.2, 0.25) is 0 Å². The second-order valence-electron chi connectivity index (χ2n) is 3.87. The van der Waals surface area contributed by atoms with Crippen molar-refractivity contribution in [3.63, 3.8) is 0 Å². The summed E-state index contributed by atoms with van der Waals surface area (Å²) in [5.41, 5.74) is -0.619. The van der Waals surface area contributed by atoms with Gasteiger partial charge in [0, 0.05) is 14.2 Å². The third kappa shape index (κ3) is 3.11. The summed E-state index contributed by atoms with van der Waals surface area (Å²) in [7, 11) is 3.03. The van der Waals surface area contributed by atoms with Gasteiger partial charge in [-0.3, -0.25) is 4.79 Å². The van der Waals surface area contributed by atoms with Crippen LogP contribution in [-0.2, 0) is 26.3 Å². The number of ether oxygens (including phenoxy) is 2. The zero-order valence-electron chi connectivity index (χ0n) is 9.94. The summed E-state index contributed by atoms with van der Waals surface area (Å²) >= 11 is 0. The van der Waals surface area contributed by atoms with Gasteiger partial charge in [-0.1, -0.05) is 5.16 Å². The Morgan fingerprint density at radius 3 is 2.69 bits per heavy atom. The third-order valence-corrected chi connectivity index (χ3v) is 2.17. The van der Waals surface area contributed by atoms with E-state index in [1.54, 1.807) is 7.11 Å². The summed E-state index contributed by atoms with van der Waals surface area (Å²) in [6.07, 6.45) is 0.0840. The number of carbonyl (C=O) groups excluding carboxylic acids is 1. The van der Waals surface area contributed by atoms with E-state index in [4.69, 9.17) is 14.0 Å². The first-order valence-electron chi connectivity index (χ1n) is 4.88. The highest BCUT2D eigenvalue weighted by Crippen LogP contribution is 2.20. The van der Waals surface area contributed by atoms with Crippen LogP contribution in [0.15, 0.2) is 4.52 Å². The van der Waals surface area contributed by atoms with Crippen molar-refractivity contribution in [2.24, 2.45) is 0 Å². The number of nitrogens with zero attached hydrogens (tertiary/aromatic N) is 2. The Balaban J connectivity index is 2.68.